The van der Waals surface area contributed by atoms with Crippen LogP contribution in [0.5, 0.6) is 0 Å². The molecule has 0 aliphatic heterocycles. The number of halogens is 3. The number of carbonyl (C=O) groups is 2. The van der Waals surface area contributed by atoms with Crippen molar-refractivity contribution < 1.29 is 27.9 Å². The van der Waals surface area contributed by atoms with E-state index >= 15 is 0 Å². The van der Waals surface area contributed by atoms with Crippen LogP contribution < -0.4 is 0 Å². The third kappa shape index (κ3) is 4.47. The molecule has 116 valence electrons. The van der Waals surface area contributed by atoms with Crippen molar-refractivity contribution in [3.63, 3.8) is 0 Å². The third-order valence-electron chi connectivity index (χ3n) is 3.04. The van der Waals surface area contributed by atoms with Gasteiger partial charge in [0.05, 0.1) is 11.5 Å². The molecule has 1 amide bonds. The molecule has 0 saturated carbocycles. The minimum absolute atomic E-state index is 0.00564. The highest BCUT2D eigenvalue weighted by Gasteiger charge is 2.30. The van der Waals surface area contributed by atoms with E-state index in [4.69, 9.17) is 5.11 Å². The fraction of sp³-hybridized carbons (Fsp3) is 0.429. The smallest absolute Gasteiger partial charge is 0.416 e. The minimum atomic E-state index is -4.45. The number of carbonyl (C=O) groups excluding carboxylic acids is 1. The van der Waals surface area contributed by atoms with Crippen LogP contribution in [0.1, 0.15) is 29.8 Å². The van der Waals surface area contributed by atoms with Crippen molar-refractivity contribution in [1.29, 1.82) is 0 Å². The number of aliphatic carboxylic acids is 1. The molecule has 1 aromatic rings. The molecule has 0 aliphatic carbocycles. The average Bonchev–Trinajstić information content (AvgIpc) is 2.42. The lowest BCUT2D eigenvalue weighted by Gasteiger charge is -2.23. The Kier molecular flexibility index (Phi) is 5.34. The Balaban J connectivity index is 2.88. The molecule has 0 heterocycles. The minimum Gasteiger partial charge on any atom is -0.481 e. The molecule has 0 spiro atoms. The van der Waals surface area contributed by atoms with Crippen molar-refractivity contribution in [2.45, 2.75) is 20.0 Å². The van der Waals surface area contributed by atoms with E-state index in [2.05, 4.69) is 0 Å². The monoisotopic (exact) mass is 303 g/mol. The van der Waals surface area contributed by atoms with Crippen molar-refractivity contribution in [2.24, 2.45) is 5.92 Å². The van der Waals surface area contributed by atoms with Gasteiger partial charge in [-0.25, -0.2) is 0 Å². The number of amides is 1. The fourth-order valence-corrected chi connectivity index (χ4v) is 1.75. The van der Waals surface area contributed by atoms with Gasteiger partial charge in [0.15, 0.2) is 0 Å². The second kappa shape index (κ2) is 6.60. The Morgan fingerprint density at radius 3 is 2.14 bits per heavy atom. The molecule has 0 radical (unpaired) electrons. The van der Waals surface area contributed by atoms with E-state index < -0.39 is 29.5 Å². The van der Waals surface area contributed by atoms with E-state index in [9.17, 15) is 22.8 Å². The first-order valence-corrected chi connectivity index (χ1v) is 6.36. The van der Waals surface area contributed by atoms with E-state index in [1.165, 1.54) is 11.8 Å². The largest absolute Gasteiger partial charge is 0.481 e. The fourth-order valence-electron chi connectivity index (χ4n) is 1.75. The zero-order chi connectivity index (χ0) is 16.2. The highest BCUT2D eigenvalue weighted by Crippen LogP contribution is 2.29. The first-order chi connectivity index (χ1) is 9.66. The van der Waals surface area contributed by atoms with E-state index in [0.717, 1.165) is 24.3 Å². The van der Waals surface area contributed by atoms with Gasteiger partial charge in [0.2, 0.25) is 0 Å². The lowest BCUT2D eigenvalue weighted by atomic mass is 10.1. The molecular formula is C14H16F3NO3. The zero-order valence-electron chi connectivity index (χ0n) is 11.6. The van der Waals surface area contributed by atoms with Crippen LogP contribution >= 0.6 is 0 Å². The maximum Gasteiger partial charge on any atom is 0.416 e. The van der Waals surface area contributed by atoms with Gasteiger partial charge in [-0.3, -0.25) is 9.59 Å². The maximum absolute atomic E-state index is 12.4. The molecule has 1 rings (SSSR count). The predicted molar refractivity (Wildman–Crippen MR) is 69.8 cm³/mol. The van der Waals surface area contributed by atoms with Gasteiger partial charge in [0.1, 0.15) is 0 Å². The molecule has 0 saturated heterocycles. The summed E-state index contributed by atoms with van der Waals surface area (Å²) in [4.78, 5) is 24.2. The number of nitrogens with zero attached hydrogens (tertiary/aromatic N) is 1. The highest BCUT2D eigenvalue weighted by molar-refractivity contribution is 5.94. The number of alkyl halides is 3. The number of carboxylic acid groups (broad SMARTS) is 1. The van der Waals surface area contributed by atoms with Crippen LogP contribution in [0.3, 0.4) is 0 Å². The summed E-state index contributed by atoms with van der Waals surface area (Å²) in [5, 5.41) is 8.84. The van der Waals surface area contributed by atoms with Gasteiger partial charge < -0.3 is 10.0 Å². The lowest BCUT2D eigenvalue weighted by Crippen LogP contribution is -2.36. The maximum atomic E-state index is 12.4. The quantitative estimate of drug-likeness (QED) is 0.910. The molecule has 0 fully saturated rings. The lowest BCUT2D eigenvalue weighted by molar-refractivity contribution is -0.141. The number of hydrogen-bond donors (Lipinski definition) is 1. The van der Waals surface area contributed by atoms with E-state index in [1.807, 2.05) is 0 Å². The molecular weight excluding hydrogens is 287 g/mol. The SMILES string of the molecule is CCN(CC(C)C(=O)O)C(=O)c1ccc(C(F)(F)F)cc1. The molecule has 21 heavy (non-hydrogen) atoms. The van der Waals surface area contributed by atoms with Gasteiger partial charge >= 0.3 is 12.1 Å². The number of hydrogen-bond acceptors (Lipinski definition) is 2. The Labute approximate surface area is 120 Å². The summed E-state index contributed by atoms with van der Waals surface area (Å²) in [7, 11) is 0. The molecule has 0 aliphatic rings. The van der Waals surface area contributed by atoms with Crippen molar-refractivity contribution in [2.75, 3.05) is 13.1 Å². The Morgan fingerprint density at radius 2 is 1.76 bits per heavy atom. The van der Waals surface area contributed by atoms with Crippen LogP contribution in [0, 0.1) is 5.92 Å². The number of carboxylic acids is 1. The van der Waals surface area contributed by atoms with Gasteiger partial charge in [0, 0.05) is 18.7 Å². The summed E-state index contributed by atoms with van der Waals surface area (Å²) in [6.45, 7) is 3.42. The molecule has 1 unspecified atom stereocenters. The highest BCUT2D eigenvalue weighted by atomic mass is 19.4. The van der Waals surface area contributed by atoms with Crippen molar-refractivity contribution in [1.82, 2.24) is 4.90 Å². The van der Waals surface area contributed by atoms with Gasteiger partial charge in [-0.15, -0.1) is 0 Å². The molecule has 0 aromatic heterocycles. The Hall–Kier alpha value is -2.05. The Bertz CT molecular complexity index is 511. The van der Waals surface area contributed by atoms with E-state index in [-0.39, 0.29) is 18.7 Å². The third-order valence-corrected chi connectivity index (χ3v) is 3.04. The summed E-state index contributed by atoms with van der Waals surface area (Å²) in [5.41, 5.74) is -0.733. The molecule has 7 heteroatoms. The second-order valence-electron chi connectivity index (χ2n) is 4.66. The van der Waals surface area contributed by atoms with E-state index in [0.29, 0.717) is 0 Å². The van der Waals surface area contributed by atoms with Gasteiger partial charge in [0.25, 0.3) is 5.91 Å². The van der Waals surface area contributed by atoms with Crippen LogP contribution in [0.15, 0.2) is 24.3 Å². The standard InChI is InChI=1S/C14H16F3NO3/c1-3-18(8-9(2)13(20)21)12(19)10-4-6-11(7-5-10)14(15,16)17/h4-7,9H,3,8H2,1-2H3,(H,20,21). The van der Waals surface area contributed by atoms with Gasteiger partial charge in [-0.05, 0) is 31.2 Å². The second-order valence-corrected chi connectivity index (χ2v) is 4.66. The van der Waals surface area contributed by atoms with Crippen LogP contribution in [0.4, 0.5) is 13.2 Å². The van der Waals surface area contributed by atoms with E-state index in [1.54, 1.807) is 6.92 Å². The first kappa shape index (κ1) is 17.0. The zero-order valence-corrected chi connectivity index (χ0v) is 11.6. The van der Waals surface area contributed by atoms with Crippen molar-refractivity contribution in [3.05, 3.63) is 35.4 Å². The van der Waals surface area contributed by atoms with Crippen molar-refractivity contribution in [3.8, 4) is 0 Å². The normalized spacial score (nSPS) is 12.8. The van der Waals surface area contributed by atoms with Crippen LogP contribution in [0.25, 0.3) is 0 Å². The summed E-state index contributed by atoms with van der Waals surface area (Å²) in [6.07, 6.45) is -4.45. The molecule has 0 bridgehead atoms. The summed E-state index contributed by atoms with van der Waals surface area (Å²) in [6, 6.07) is 3.86. The van der Waals surface area contributed by atoms with Crippen molar-refractivity contribution >= 4 is 11.9 Å². The summed E-state index contributed by atoms with van der Waals surface area (Å²) in [5.74, 6) is -2.27. The molecule has 1 N–H and O–H groups in total. The predicted octanol–water partition coefficient (Wildman–Crippen LogP) is 2.89. The number of rotatable bonds is 5. The molecule has 1 aromatic carbocycles. The summed E-state index contributed by atoms with van der Waals surface area (Å²) >= 11 is 0. The molecule has 4 nitrogen and oxygen atoms in total. The number of benzene rings is 1. The topological polar surface area (TPSA) is 57.6 Å². The summed E-state index contributed by atoms with van der Waals surface area (Å²) < 4.78 is 37.3. The average molecular weight is 303 g/mol. The van der Waals surface area contributed by atoms with Crippen LogP contribution in [-0.4, -0.2) is 35.0 Å². The van der Waals surface area contributed by atoms with Crippen LogP contribution in [-0.2, 0) is 11.0 Å². The van der Waals surface area contributed by atoms with Gasteiger partial charge in [-0.1, -0.05) is 6.92 Å². The first-order valence-electron chi connectivity index (χ1n) is 6.36. The molecule has 1 atom stereocenters. The Morgan fingerprint density at radius 1 is 1.24 bits per heavy atom. The van der Waals surface area contributed by atoms with Crippen LogP contribution in [0.2, 0.25) is 0 Å². The van der Waals surface area contributed by atoms with Gasteiger partial charge in [-0.2, -0.15) is 13.2 Å².